The number of carbonyl (C=O) groups excluding carboxylic acids is 1. The molecule has 472 valence electrons. The molecule has 0 spiro atoms. The topological polar surface area (TPSA) is 189 Å². The molecule has 1 saturated heterocycles. The molecule has 1 fully saturated rings. The third kappa shape index (κ3) is 44.8. The van der Waals surface area contributed by atoms with Crippen LogP contribution in [-0.2, 0) is 14.3 Å². The smallest absolute Gasteiger partial charge is 0.249 e. The maximum absolute atomic E-state index is 13.2. The van der Waals surface area contributed by atoms with Crippen molar-refractivity contribution >= 4 is 5.91 Å². The molecule has 0 aromatic heterocycles. The standard InChI is InChI=1S/C69H131NO10/c1-3-5-7-9-11-13-15-17-19-21-23-25-27-28-29-30-31-32-33-34-35-37-38-40-42-44-46-48-50-52-54-56-61(72)64(74)60(59-79-69-67(77)66(76)65(75)63(58-71)80-69)70-68(78)62(73)57-55-53-51-49-47-45-43-41-39-36-26-24-22-20-18-16-14-12-10-8-6-4-2/h24,26,39,41,48,50,60-67,69,71-77H,3-23,25,27-38,40,42-47,49,51-59H2,1-2H3,(H,70,78)/b26-24-,41-39-,50-48+. The van der Waals surface area contributed by atoms with E-state index in [4.69, 9.17) is 9.47 Å². The Morgan fingerprint density at radius 3 is 1.15 bits per heavy atom. The first-order valence-electron chi connectivity index (χ1n) is 34.4. The number of allylic oxidation sites excluding steroid dienone is 6. The van der Waals surface area contributed by atoms with Crippen LogP contribution in [0.5, 0.6) is 0 Å². The van der Waals surface area contributed by atoms with Gasteiger partial charge in [-0.1, -0.05) is 294 Å². The number of amides is 1. The van der Waals surface area contributed by atoms with Gasteiger partial charge in [-0.05, 0) is 70.6 Å². The fourth-order valence-electron chi connectivity index (χ4n) is 11.1. The zero-order valence-corrected chi connectivity index (χ0v) is 52.1. The number of hydrogen-bond donors (Lipinski definition) is 8. The predicted molar refractivity (Wildman–Crippen MR) is 335 cm³/mol. The van der Waals surface area contributed by atoms with Crippen LogP contribution in [0.25, 0.3) is 0 Å². The van der Waals surface area contributed by atoms with Crippen LogP contribution in [0.3, 0.4) is 0 Å². The SMILES string of the molecule is CCCCCCCCCCC/C=C\C/C=C\CCCCCCCCC(O)C(=O)NC(COC1OC(CO)C(O)C(O)C1O)C(O)C(O)CCC/C=C/CCCCCCCCCCCCCCCCCCCCCCCCCCCC. The van der Waals surface area contributed by atoms with Crippen LogP contribution in [0, 0.1) is 0 Å². The highest BCUT2D eigenvalue weighted by Gasteiger charge is 2.44. The minimum Gasteiger partial charge on any atom is -0.394 e. The number of rotatable bonds is 60. The van der Waals surface area contributed by atoms with Crippen molar-refractivity contribution in [2.45, 2.75) is 384 Å². The van der Waals surface area contributed by atoms with E-state index in [1.165, 1.54) is 225 Å². The summed E-state index contributed by atoms with van der Waals surface area (Å²) in [7, 11) is 0. The molecule has 9 unspecified atom stereocenters. The lowest BCUT2D eigenvalue weighted by atomic mass is 9.98. The van der Waals surface area contributed by atoms with Gasteiger partial charge in [0, 0.05) is 0 Å². The number of carbonyl (C=O) groups is 1. The van der Waals surface area contributed by atoms with Crippen LogP contribution in [0.4, 0.5) is 0 Å². The Kier molecular flexibility index (Phi) is 55.1. The summed E-state index contributed by atoms with van der Waals surface area (Å²) in [6.07, 6.45) is 62.3. The lowest BCUT2D eigenvalue weighted by molar-refractivity contribution is -0.303. The molecule has 1 aliphatic heterocycles. The minimum absolute atomic E-state index is 0.242. The first kappa shape index (κ1) is 76.3. The Labute approximate surface area is 492 Å². The van der Waals surface area contributed by atoms with Crippen LogP contribution < -0.4 is 5.32 Å². The largest absolute Gasteiger partial charge is 0.394 e. The second-order valence-electron chi connectivity index (χ2n) is 24.2. The fourth-order valence-corrected chi connectivity index (χ4v) is 11.1. The molecule has 1 rings (SSSR count). The lowest BCUT2D eigenvalue weighted by Crippen LogP contribution is -2.60. The van der Waals surface area contributed by atoms with E-state index in [-0.39, 0.29) is 12.8 Å². The van der Waals surface area contributed by atoms with E-state index in [1.807, 2.05) is 0 Å². The van der Waals surface area contributed by atoms with Gasteiger partial charge in [0.1, 0.15) is 36.6 Å². The summed E-state index contributed by atoms with van der Waals surface area (Å²) in [5.74, 6) is -0.710. The van der Waals surface area contributed by atoms with Crippen LogP contribution >= 0.6 is 0 Å². The summed E-state index contributed by atoms with van der Waals surface area (Å²) >= 11 is 0. The molecule has 8 N–H and O–H groups in total. The monoisotopic (exact) mass is 1130 g/mol. The highest BCUT2D eigenvalue weighted by atomic mass is 16.7. The second kappa shape index (κ2) is 57.7. The van der Waals surface area contributed by atoms with E-state index < -0.39 is 74.2 Å². The fraction of sp³-hybridized carbons (Fsp3) is 0.899. The average Bonchev–Trinajstić information content (AvgIpc) is 3.47. The van der Waals surface area contributed by atoms with Gasteiger partial charge in [-0.2, -0.15) is 0 Å². The van der Waals surface area contributed by atoms with Gasteiger partial charge < -0.3 is 50.5 Å². The molecular formula is C69H131NO10. The molecule has 9 atom stereocenters. The Morgan fingerprint density at radius 2 is 0.775 bits per heavy atom. The Hall–Kier alpha value is -1.67. The predicted octanol–water partition coefficient (Wildman–Crippen LogP) is 16.2. The average molecular weight is 1130 g/mol. The molecule has 0 aromatic rings. The molecule has 0 bridgehead atoms. The van der Waals surface area contributed by atoms with Crippen molar-refractivity contribution in [3.05, 3.63) is 36.5 Å². The summed E-state index contributed by atoms with van der Waals surface area (Å²) in [6.45, 7) is 3.48. The second-order valence-corrected chi connectivity index (χ2v) is 24.2. The van der Waals surface area contributed by atoms with E-state index in [0.717, 1.165) is 64.2 Å². The Morgan fingerprint density at radius 1 is 0.438 bits per heavy atom. The number of aliphatic hydroxyl groups excluding tert-OH is 7. The number of unbranched alkanes of at least 4 members (excludes halogenated alkanes) is 42. The van der Waals surface area contributed by atoms with Crippen LogP contribution in [-0.4, -0.2) is 110 Å². The molecule has 0 saturated carbocycles. The number of ether oxygens (including phenoxy) is 2. The number of aliphatic hydroxyl groups is 7. The highest BCUT2D eigenvalue weighted by Crippen LogP contribution is 2.24. The maximum Gasteiger partial charge on any atom is 0.249 e. The van der Waals surface area contributed by atoms with E-state index in [0.29, 0.717) is 12.8 Å². The Bertz CT molecular complexity index is 1390. The van der Waals surface area contributed by atoms with Gasteiger partial charge in [-0.25, -0.2) is 0 Å². The van der Waals surface area contributed by atoms with Gasteiger partial charge in [-0.3, -0.25) is 4.79 Å². The first-order valence-corrected chi connectivity index (χ1v) is 34.4. The molecule has 11 heteroatoms. The molecule has 0 aromatic carbocycles. The molecule has 1 heterocycles. The first-order chi connectivity index (χ1) is 39.2. The van der Waals surface area contributed by atoms with E-state index in [9.17, 15) is 40.5 Å². The van der Waals surface area contributed by atoms with Gasteiger partial charge >= 0.3 is 0 Å². The van der Waals surface area contributed by atoms with Crippen LogP contribution in [0.2, 0.25) is 0 Å². The van der Waals surface area contributed by atoms with Gasteiger partial charge in [0.05, 0.1) is 25.4 Å². The van der Waals surface area contributed by atoms with E-state index in [1.54, 1.807) is 0 Å². The van der Waals surface area contributed by atoms with Crippen LogP contribution in [0.1, 0.15) is 328 Å². The maximum atomic E-state index is 13.2. The molecule has 0 radical (unpaired) electrons. The van der Waals surface area contributed by atoms with Gasteiger partial charge in [0.15, 0.2) is 6.29 Å². The van der Waals surface area contributed by atoms with Crippen molar-refractivity contribution in [2.75, 3.05) is 13.2 Å². The van der Waals surface area contributed by atoms with Crippen molar-refractivity contribution in [3.8, 4) is 0 Å². The van der Waals surface area contributed by atoms with E-state index >= 15 is 0 Å². The summed E-state index contributed by atoms with van der Waals surface area (Å²) in [5.41, 5.74) is 0. The quantitative estimate of drug-likeness (QED) is 0.0215. The summed E-state index contributed by atoms with van der Waals surface area (Å²) in [4.78, 5) is 13.2. The summed E-state index contributed by atoms with van der Waals surface area (Å²) < 4.78 is 11.2. The van der Waals surface area contributed by atoms with Crippen molar-refractivity contribution in [3.63, 3.8) is 0 Å². The lowest BCUT2D eigenvalue weighted by Gasteiger charge is -2.40. The zero-order valence-electron chi connectivity index (χ0n) is 52.1. The summed E-state index contributed by atoms with van der Waals surface area (Å²) in [5, 5.41) is 76.4. The number of nitrogens with one attached hydrogen (secondary N) is 1. The van der Waals surface area contributed by atoms with Crippen molar-refractivity contribution in [1.82, 2.24) is 5.32 Å². The third-order valence-electron chi connectivity index (χ3n) is 16.7. The van der Waals surface area contributed by atoms with Gasteiger partial charge in [-0.15, -0.1) is 0 Å². The summed E-state index contributed by atoms with van der Waals surface area (Å²) in [6, 6.07) is -1.19. The Balaban J connectivity index is 2.23. The molecular weight excluding hydrogens is 1000 g/mol. The normalized spacial score (nSPS) is 19.4. The molecule has 1 amide bonds. The van der Waals surface area contributed by atoms with E-state index in [2.05, 4.69) is 55.6 Å². The molecule has 11 nitrogen and oxygen atoms in total. The van der Waals surface area contributed by atoms with Gasteiger partial charge in [0.25, 0.3) is 0 Å². The number of hydrogen-bond acceptors (Lipinski definition) is 10. The highest BCUT2D eigenvalue weighted by molar-refractivity contribution is 5.80. The molecule has 1 aliphatic rings. The van der Waals surface area contributed by atoms with Crippen LogP contribution in [0.15, 0.2) is 36.5 Å². The van der Waals surface area contributed by atoms with Crippen molar-refractivity contribution in [1.29, 1.82) is 0 Å². The zero-order chi connectivity index (χ0) is 58.2. The molecule has 0 aliphatic carbocycles. The van der Waals surface area contributed by atoms with Crippen molar-refractivity contribution < 1.29 is 50.0 Å². The van der Waals surface area contributed by atoms with Gasteiger partial charge in [0.2, 0.25) is 5.91 Å². The minimum atomic E-state index is -1.67. The third-order valence-corrected chi connectivity index (χ3v) is 16.7. The molecule has 80 heavy (non-hydrogen) atoms. The van der Waals surface area contributed by atoms with Crippen molar-refractivity contribution in [2.24, 2.45) is 0 Å².